The van der Waals surface area contributed by atoms with Crippen LogP contribution in [0.3, 0.4) is 0 Å². The Morgan fingerprint density at radius 2 is 1.44 bits per heavy atom. The van der Waals surface area contributed by atoms with Crippen LogP contribution < -0.4 is 9.51 Å². The van der Waals surface area contributed by atoms with Crippen molar-refractivity contribution in [2.75, 3.05) is 4.83 Å². The van der Waals surface area contributed by atoms with Crippen LogP contribution in [0, 0.1) is 0 Å². The quantitative estimate of drug-likeness (QED) is 0.495. The van der Waals surface area contributed by atoms with Crippen LogP contribution in [0.5, 0.6) is 0 Å². The normalized spacial score (nSPS) is 10.5. The van der Waals surface area contributed by atoms with Gasteiger partial charge in [0.1, 0.15) is 0 Å². The molecule has 0 unspecified atom stereocenters. The van der Waals surface area contributed by atoms with Gasteiger partial charge >= 0.3 is 0 Å². The number of hydrogen-bond donors (Lipinski definition) is 1. The first-order chi connectivity index (χ1) is 8.04. The van der Waals surface area contributed by atoms with Crippen LogP contribution in [0.4, 0.5) is 0 Å². The zero-order valence-electron chi connectivity index (χ0n) is 9.78. The third-order valence-electron chi connectivity index (χ3n) is 2.15. The Bertz CT molecular complexity index is 600. The zero-order valence-corrected chi connectivity index (χ0v) is 12.6. The fraction of sp³-hybridized carbons (Fsp3) is 0. The molecule has 1 radical (unpaired) electrons. The molecular formula is C11H10N2NaO3S. The Balaban J connectivity index is 0.00000162. The van der Waals surface area contributed by atoms with Gasteiger partial charge in [0, 0.05) is 41.7 Å². The Kier molecular flexibility index (Phi) is 5.30. The maximum absolute atomic E-state index is 10.5. The molecule has 0 aliphatic carbocycles. The molecule has 0 atom stereocenters. The number of rotatable bonds is 3. The molecule has 2 rings (SSSR count). The van der Waals surface area contributed by atoms with E-state index in [-0.39, 0.29) is 29.6 Å². The monoisotopic (exact) mass is 273 g/mol. The second-order valence-electron chi connectivity index (χ2n) is 3.41. The van der Waals surface area contributed by atoms with Crippen molar-refractivity contribution in [2.24, 2.45) is 0 Å². The summed E-state index contributed by atoms with van der Waals surface area (Å²) in [7, 11) is -4.49. The van der Waals surface area contributed by atoms with E-state index < -0.39 is 10.3 Å². The summed E-state index contributed by atoms with van der Waals surface area (Å²) in [4.78, 5) is 1.79. The van der Waals surface area contributed by atoms with E-state index in [9.17, 15) is 13.0 Å². The van der Waals surface area contributed by atoms with Crippen LogP contribution in [-0.2, 0) is 10.3 Å². The fourth-order valence-corrected chi connectivity index (χ4v) is 1.82. The van der Waals surface area contributed by atoms with Gasteiger partial charge in [0.15, 0.2) is 0 Å². The molecule has 1 N–H and O–H groups in total. The van der Waals surface area contributed by atoms with Gasteiger partial charge in [0.25, 0.3) is 0 Å². The number of pyridine rings is 1. The van der Waals surface area contributed by atoms with E-state index in [0.29, 0.717) is 0 Å². The summed E-state index contributed by atoms with van der Waals surface area (Å²) in [6.07, 6.45) is 2.94. The SMILES string of the molecule is O=S(=O)([O-])N[n+]1ccc(-c2ccccc2)cc1.[Na]. The molecule has 0 amide bonds. The molecule has 0 spiro atoms. The molecule has 89 valence electrons. The van der Waals surface area contributed by atoms with Crippen LogP contribution >= 0.6 is 0 Å². The summed E-state index contributed by atoms with van der Waals surface area (Å²) >= 11 is 0. The van der Waals surface area contributed by atoms with Gasteiger partial charge in [-0.3, -0.25) is 0 Å². The second-order valence-corrected chi connectivity index (χ2v) is 4.50. The predicted molar refractivity (Wildman–Crippen MR) is 66.9 cm³/mol. The van der Waals surface area contributed by atoms with Gasteiger partial charge in [-0.05, 0) is 11.1 Å². The Hall–Kier alpha value is -0.920. The van der Waals surface area contributed by atoms with E-state index in [1.807, 2.05) is 30.3 Å². The Morgan fingerprint density at radius 3 is 1.94 bits per heavy atom. The van der Waals surface area contributed by atoms with Crippen LogP contribution in [-0.4, -0.2) is 42.5 Å². The average Bonchev–Trinajstić information content (AvgIpc) is 2.29. The minimum absolute atomic E-state index is 0. The van der Waals surface area contributed by atoms with Crippen LogP contribution in [0.25, 0.3) is 11.1 Å². The van der Waals surface area contributed by atoms with E-state index in [2.05, 4.69) is 0 Å². The van der Waals surface area contributed by atoms with E-state index >= 15 is 0 Å². The summed E-state index contributed by atoms with van der Waals surface area (Å²) < 4.78 is 32.5. The van der Waals surface area contributed by atoms with Gasteiger partial charge in [-0.15, -0.1) is 0 Å². The van der Waals surface area contributed by atoms with Gasteiger partial charge in [-0.25, -0.2) is 8.42 Å². The first-order valence-electron chi connectivity index (χ1n) is 4.85. The maximum atomic E-state index is 10.5. The van der Waals surface area contributed by atoms with Crippen LogP contribution in [0.2, 0.25) is 0 Å². The van der Waals surface area contributed by atoms with Crippen molar-refractivity contribution in [3.05, 3.63) is 54.9 Å². The molecule has 5 nitrogen and oxygen atoms in total. The second kappa shape index (κ2) is 6.31. The minimum Gasteiger partial charge on any atom is -0.727 e. The summed E-state index contributed by atoms with van der Waals surface area (Å²) in [5.74, 6) is 0. The van der Waals surface area contributed by atoms with Gasteiger partial charge in [0.2, 0.25) is 22.7 Å². The molecule has 0 saturated carbocycles. The smallest absolute Gasteiger partial charge is 0.228 e. The van der Waals surface area contributed by atoms with Crippen molar-refractivity contribution < 1.29 is 17.6 Å². The van der Waals surface area contributed by atoms with Gasteiger partial charge in [0.05, 0.1) is 0 Å². The summed E-state index contributed by atoms with van der Waals surface area (Å²) in [6.45, 7) is 0. The Labute approximate surface area is 128 Å². The summed E-state index contributed by atoms with van der Waals surface area (Å²) in [6, 6.07) is 13.1. The van der Waals surface area contributed by atoms with E-state index in [4.69, 9.17) is 0 Å². The molecule has 18 heavy (non-hydrogen) atoms. The van der Waals surface area contributed by atoms with E-state index in [1.165, 1.54) is 12.4 Å². The van der Waals surface area contributed by atoms with Crippen molar-refractivity contribution in [1.29, 1.82) is 0 Å². The molecule has 0 saturated heterocycles. The number of nitrogens with one attached hydrogen (secondary N) is 1. The largest absolute Gasteiger partial charge is 0.727 e. The zero-order chi connectivity index (χ0) is 12.3. The molecule has 2 aromatic rings. The third kappa shape index (κ3) is 4.40. The number of hydrogen-bond acceptors (Lipinski definition) is 3. The topological polar surface area (TPSA) is 73.1 Å². The molecule has 1 aromatic heterocycles. The van der Waals surface area contributed by atoms with Crippen molar-refractivity contribution in [3.8, 4) is 11.1 Å². The van der Waals surface area contributed by atoms with Crippen LogP contribution in [0.1, 0.15) is 0 Å². The molecule has 0 bridgehead atoms. The first kappa shape index (κ1) is 15.1. The standard InChI is InChI=1S/C11H10N2O3S.Na/c14-17(15,16)12-13-8-6-11(7-9-13)10-4-2-1-3-5-10;/h1-9,12H;. The molecule has 0 fully saturated rings. The number of nitrogens with zero attached hydrogens (tertiary/aromatic N) is 1. The molecule has 7 heteroatoms. The number of benzene rings is 1. The fourth-order valence-electron chi connectivity index (χ4n) is 1.44. The molecular weight excluding hydrogens is 263 g/mol. The van der Waals surface area contributed by atoms with E-state index in [1.54, 1.807) is 17.0 Å². The Morgan fingerprint density at radius 1 is 0.944 bits per heavy atom. The van der Waals surface area contributed by atoms with Gasteiger partial charge in [-0.1, -0.05) is 39.8 Å². The van der Waals surface area contributed by atoms with Crippen molar-refractivity contribution in [3.63, 3.8) is 0 Å². The van der Waals surface area contributed by atoms with Crippen molar-refractivity contribution in [1.82, 2.24) is 0 Å². The van der Waals surface area contributed by atoms with Gasteiger partial charge < -0.3 is 4.55 Å². The van der Waals surface area contributed by atoms with Crippen molar-refractivity contribution >= 4 is 39.9 Å². The van der Waals surface area contributed by atoms with Crippen molar-refractivity contribution in [2.45, 2.75) is 0 Å². The molecule has 0 aliphatic heterocycles. The average molecular weight is 273 g/mol. The minimum atomic E-state index is -4.49. The summed E-state index contributed by atoms with van der Waals surface area (Å²) in [5.41, 5.74) is 1.96. The molecule has 0 aliphatic rings. The maximum Gasteiger partial charge on any atom is 0.228 e. The van der Waals surface area contributed by atoms with E-state index in [0.717, 1.165) is 15.8 Å². The predicted octanol–water partition coefficient (Wildman–Crippen LogP) is 0.264. The molecule has 1 aromatic carbocycles. The van der Waals surface area contributed by atoms with Crippen LogP contribution in [0.15, 0.2) is 54.9 Å². The van der Waals surface area contributed by atoms with Gasteiger partial charge in [-0.2, -0.15) is 0 Å². The third-order valence-corrected chi connectivity index (χ3v) is 2.59. The number of aromatic nitrogens is 1. The summed E-state index contributed by atoms with van der Waals surface area (Å²) in [5, 5.41) is 0. The first-order valence-corrected chi connectivity index (χ1v) is 6.26. The molecule has 1 heterocycles.